The van der Waals surface area contributed by atoms with Crippen LogP contribution in [0.3, 0.4) is 0 Å². The zero-order chi connectivity index (χ0) is 17.1. The number of amides is 1. The second-order valence-corrected chi connectivity index (χ2v) is 5.81. The summed E-state index contributed by atoms with van der Waals surface area (Å²) in [5, 5.41) is 7.63. The average molecular weight is 343 g/mol. The van der Waals surface area contributed by atoms with Crippen molar-refractivity contribution in [2.45, 2.75) is 6.54 Å². The summed E-state index contributed by atoms with van der Waals surface area (Å²) in [6, 6.07) is 10.4. The van der Waals surface area contributed by atoms with Crippen LogP contribution < -0.4 is 10.9 Å². The van der Waals surface area contributed by atoms with Crippen LogP contribution in [0.4, 0.5) is 5.69 Å². The Bertz CT molecular complexity index is 928. The van der Waals surface area contributed by atoms with Gasteiger partial charge in [-0.3, -0.25) is 14.3 Å². The fraction of sp³-hybridized carbons (Fsp3) is 0.118. The van der Waals surface area contributed by atoms with Crippen LogP contribution in [0.5, 0.6) is 0 Å². The van der Waals surface area contributed by atoms with E-state index in [9.17, 15) is 9.59 Å². The van der Waals surface area contributed by atoms with Gasteiger partial charge < -0.3 is 9.88 Å². The second kappa shape index (κ2) is 6.72. The maximum Gasteiger partial charge on any atom is 0.256 e. The Balaban J connectivity index is 1.69. The van der Waals surface area contributed by atoms with Gasteiger partial charge >= 0.3 is 0 Å². The summed E-state index contributed by atoms with van der Waals surface area (Å²) < 4.78 is 3.11. The predicted molar refractivity (Wildman–Crippen MR) is 92.4 cm³/mol. The first kappa shape index (κ1) is 16.0. The molecular weight excluding hydrogens is 328 g/mol. The summed E-state index contributed by atoms with van der Waals surface area (Å²) in [6.45, 7) is 0.568. The van der Waals surface area contributed by atoms with Crippen molar-refractivity contribution in [2.75, 3.05) is 5.32 Å². The third-order valence-electron chi connectivity index (χ3n) is 3.52. The Labute approximate surface area is 143 Å². The molecule has 1 aromatic carbocycles. The Morgan fingerprint density at radius 3 is 2.71 bits per heavy atom. The van der Waals surface area contributed by atoms with E-state index in [1.165, 1.54) is 10.6 Å². The highest BCUT2D eigenvalue weighted by molar-refractivity contribution is 6.30. The van der Waals surface area contributed by atoms with Gasteiger partial charge in [-0.25, -0.2) is 0 Å². The topological polar surface area (TPSA) is 68.9 Å². The van der Waals surface area contributed by atoms with Gasteiger partial charge in [-0.05, 0) is 23.8 Å². The van der Waals surface area contributed by atoms with E-state index in [2.05, 4.69) is 10.4 Å². The van der Waals surface area contributed by atoms with Crippen molar-refractivity contribution in [3.63, 3.8) is 0 Å². The summed E-state index contributed by atoms with van der Waals surface area (Å²) in [6.07, 6.45) is 4.85. The molecule has 0 saturated heterocycles. The minimum absolute atomic E-state index is 0.235. The lowest BCUT2D eigenvalue weighted by atomic mass is 10.2. The summed E-state index contributed by atoms with van der Waals surface area (Å²) in [5.74, 6) is -0.348. The number of nitrogens with one attached hydrogen (secondary N) is 1. The zero-order valence-electron chi connectivity index (χ0n) is 12.9. The van der Waals surface area contributed by atoms with Crippen molar-refractivity contribution in [1.82, 2.24) is 14.3 Å². The van der Waals surface area contributed by atoms with Gasteiger partial charge in [0.2, 0.25) is 0 Å². The average Bonchev–Trinajstić information content (AvgIpc) is 2.99. The number of pyridine rings is 1. The van der Waals surface area contributed by atoms with E-state index >= 15 is 0 Å². The number of hydrogen-bond donors (Lipinski definition) is 1. The van der Waals surface area contributed by atoms with Crippen molar-refractivity contribution in [3.8, 4) is 0 Å². The van der Waals surface area contributed by atoms with E-state index in [0.717, 1.165) is 5.56 Å². The van der Waals surface area contributed by atoms with Crippen molar-refractivity contribution < 1.29 is 4.79 Å². The van der Waals surface area contributed by atoms with Crippen molar-refractivity contribution in [1.29, 1.82) is 0 Å². The fourth-order valence-corrected chi connectivity index (χ4v) is 2.31. The molecule has 0 saturated carbocycles. The van der Waals surface area contributed by atoms with E-state index in [1.54, 1.807) is 36.4 Å². The van der Waals surface area contributed by atoms with E-state index in [0.29, 0.717) is 22.8 Å². The maximum absolute atomic E-state index is 12.2. The van der Waals surface area contributed by atoms with Gasteiger partial charge in [-0.2, -0.15) is 5.10 Å². The minimum atomic E-state index is -0.348. The van der Waals surface area contributed by atoms with Gasteiger partial charge in [0.05, 0.1) is 18.4 Å². The Morgan fingerprint density at radius 2 is 2.00 bits per heavy atom. The number of carbonyl (C=O) groups excluding carboxylic acids is 1. The Morgan fingerprint density at radius 1 is 1.25 bits per heavy atom. The number of aryl methyl sites for hydroxylation is 1. The highest BCUT2D eigenvalue weighted by Crippen LogP contribution is 2.12. The lowest BCUT2D eigenvalue weighted by molar-refractivity contribution is 0.102. The van der Waals surface area contributed by atoms with Gasteiger partial charge in [0.15, 0.2) is 0 Å². The monoisotopic (exact) mass is 342 g/mol. The van der Waals surface area contributed by atoms with Crippen molar-refractivity contribution in [2.24, 2.45) is 7.05 Å². The molecular formula is C17H15ClN4O2. The van der Waals surface area contributed by atoms with Crippen LogP contribution in [0.15, 0.2) is 59.8 Å². The molecule has 24 heavy (non-hydrogen) atoms. The van der Waals surface area contributed by atoms with Gasteiger partial charge in [-0.15, -0.1) is 0 Å². The molecule has 0 radical (unpaired) electrons. The SMILES string of the molecule is Cn1ccc(C(=O)Nc2cnn(Cc3ccc(Cl)cc3)c2)cc1=O. The number of aromatic nitrogens is 3. The lowest BCUT2D eigenvalue weighted by Crippen LogP contribution is -2.19. The van der Waals surface area contributed by atoms with Crippen LogP contribution >= 0.6 is 11.6 Å². The molecule has 6 nitrogen and oxygen atoms in total. The number of nitrogens with zero attached hydrogens (tertiary/aromatic N) is 3. The number of carbonyl (C=O) groups is 1. The number of anilines is 1. The smallest absolute Gasteiger partial charge is 0.256 e. The molecule has 0 spiro atoms. The van der Waals surface area contributed by atoms with Crippen LogP contribution in [-0.2, 0) is 13.6 Å². The van der Waals surface area contributed by atoms with Gasteiger partial charge in [0.25, 0.3) is 11.5 Å². The molecule has 0 aliphatic rings. The fourth-order valence-electron chi connectivity index (χ4n) is 2.18. The minimum Gasteiger partial charge on any atom is -0.319 e. The van der Waals surface area contributed by atoms with Gasteiger partial charge in [0.1, 0.15) is 0 Å². The molecule has 1 amide bonds. The molecule has 3 aromatic rings. The predicted octanol–water partition coefficient (Wildman–Crippen LogP) is 2.54. The van der Waals surface area contributed by atoms with E-state index < -0.39 is 0 Å². The number of hydrogen-bond acceptors (Lipinski definition) is 3. The number of benzene rings is 1. The molecule has 0 fully saturated rings. The van der Waals surface area contributed by atoms with E-state index in [-0.39, 0.29) is 11.5 Å². The number of rotatable bonds is 4. The third kappa shape index (κ3) is 3.72. The lowest BCUT2D eigenvalue weighted by Gasteiger charge is -2.04. The highest BCUT2D eigenvalue weighted by Gasteiger charge is 2.09. The van der Waals surface area contributed by atoms with Crippen LogP contribution in [0.1, 0.15) is 15.9 Å². The van der Waals surface area contributed by atoms with E-state index in [4.69, 9.17) is 11.6 Å². The molecule has 0 unspecified atom stereocenters. The van der Waals surface area contributed by atoms with Crippen LogP contribution in [0.2, 0.25) is 5.02 Å². The van der Waals surface area contributed by atoms with E-state index in [1.807, 2.05) is 24.3 Å². The van der Waals surface area contributed by atoms with Gasteiger partial charge in [0, 0.05) is 36.1 Å². The Hall–Kier alpha value is -2.86. The summed E-state index contributed by atoms with van der Waals surface area (Å²) in [7, 11) is 1.63. The third-order valence-corrected chi connectivity index (χ3v) is 3.77. The standard InChI is InChI=1S/C17H15ClN4O2/c1-21-7-6-13(8-16(21)23)17(24)20-15-9-19-22(11-15)10-12-2-4-14(18)5-3-12/h2-9,11H,10H2,1H3,(H,20,24). The zero-order valence-corrected chi connectivity index (χ0v) is 13.7. The first-order chi connectivity index (χ1) is 11.5. The summed E-state index contributed by atoms with van der Waals surface area (Å²) in [5.41, 5.74) is 1.69. The molecule has 2 aromatic heterocycles. The maximum atomic E-state index is 12.2. The van der Waals surface area contributed by atoms with Crippen molar-refractivity contribution in [3.05, 3.63) is 81.5 Å². The molecule has 0 aliphatic heterocycles. The summed E-state index contributed by atoms with van der Waals surface area (Å²) in [4.78, 5) is 23.8. The van der Waals surface area contributed by atoms with Crippen LogP contribution in [-0.4, -0.2) is 20.3 Å². The second-order valence-electron chi connectivity index (χ2n) is 5.37. The first-order valence-corrected chi connectivity index (χ1v) is 7.64. The largest absolute Gasteiger partial charge is 0.319 e. The van der Waals surface area contributed by atoms with Crippen LogP contribution in [0.25, 0.3) is 0 Å². The molecule has 0 atom stereocenters. The summed E-state index contributed by atoms with van der Waals surface area (Å²) >= 11 is 5.86. The number of halogens is 1. The molecule has 0 bridgehead atoms. The molecule has 122 valence electrons. The molecule has 1 N–H and O–H groups in total. The molecule has 2 heterocycles. The molecule has 3 rings (SSSR count). The molecule has 0 aliphatic carbocycles. The van der Waals surface area contributed by atoms with Crippen LogP contribution in [0, 0.1) is 0 Å². The first-order valence-electron chi connectivity index (χ1n) is 7.26. The molecule has 7 heteroatoms. The normalized spacial score (nSPS) is 10.6. The van der Waals surface area contributed by atoms with Crippen molar-refractivity contribution >= 4 is 23.2 Å². The van der Waals surface area contributed by atoms with Gasteiger partial charge in [-0.1, -0.05) is 23.7 Å². The quantitative estimate of drug-likeness (QED) is 0.792. The Kier molecular flexibility index (Phi) is 4.48. The highest BCUT2D eigenvalue weighted by atomic mass is 35.5.